The lowest BCUT2D eigenvalue weighted by atomic mass is 9.71. The van der Waals surface area contributed by atoms with Gasteiger partial charge in [0.15, 0.2) is 8.67 Å². The van der Waals surface area contributed by atoms with E-state index in [2.05, 4.69) is 6.58 Å². The maximum absolute atomic E-state index is 6.59. The summed E-state index contributed by atoms with van der Waals surface area (Å²) in [7, 11) is 0. The Balaban J connectivity index is 2.84. The topological polar surface area (TPSA) is 0 Å². The van der Waals surface area contributed by atoms with Crippen molar-refractivity contribution in [2.45, 2.75) is 37.6 Å². The van der Waals surface area contributed by atoms with Crippen LogP contribution < -0.4 is 0 Å². The van der Waals surface area contributed by atoms with Crippen LogP contribution in [0.5, 0.6) is 0 Å². The lowest BCUT2D eigenvalue weighted by Crippen LogP contribution is -2.61. The third-order valence-corrected chi connectivity index (χ3v) is 9.79. The Morgan fingerprint density at radius 3 is 1.65 bits per heavy atom. The molecule has 2 rings (SSSR count). The van der Waals surface area contributed by atoms with Gasteiger partial charge in [-0.15, -0.1) is 34.8 Å². The minimum atomic E-state index is -1.72. The molecule has 0 amide bonds. The summed E-state index contributed by atoms with van der Waals surface area (Å²) in [6.07, 6.45) is 0. The second-order valence-corrected chi connectivity index (χ2v) is 9.32. The van der Waals surface area contributed by atoms with Gasteiger partial charge in [0.05, 0.1) is 5.38 Å². The van der Waals surface area contributed by atoms with E-state index < -0.39 is 29.2 Å². The number of fused-ring (bicyclic) bond motifs is 2. The van der Waals surface area contributed by atoms with Gasteiger partial charge in [0.25, 0.3) is 0 Å². The summed E-state index contributed by atoms with van der Waals surface area (Å²) in [5.74, 6) is 0. The molecule has 2 fully saturated rings. The fourth-order valence-electron chi connectivity index (χ4n) is 2.78. The van der Waals surface area contributed by atoms with E-state index in [-0.39, 0.29) is 0 Å². The number of hydrogen-bond donors (Lipinski definition) is 0. The molecule has 2 saturated carbocycles. The molecule has 0 N–H and O–H groups in total. The molecule has 3 unspecified atom stereocenters. The van der Waals surface area contributed by atoms with Crippen molar-refractivity contribution in [3.63, 3.8) is 0 Å². The highest BCUT2D eigenvalue weighted by Crippen LogP contribution is 2.81. The number of rotatable bonds is 0. The molecular formula is C10H9Cl7. The molecule has 2 aliphatic carbocycles. The van der Waals surface area contributed by atoms with Crippen molar-refractivity contribution in [3.8, 4) is 0 Å². The Hall–Kier alpha value is 1.77. The molecule has 7 heteroatoms. The van der Waals surface area contributed by atoms with Crippen LogP contribution >= 0.6 is 81.2 Å². The first kappa shape index (κ1) is 15.2. The quantitative estimate of drug-likeness (QED) is 0.386. The molecular weight excluding hydrogens is 368 g/mol. The van der Waals surface area contributed by atoms with Crippen molar-refractivity contribution in [1.29, 1.82) is 0 Å². The third-order valence-electron chi connectivity index (χ3n) is 4.11. The maximum atomic E-state index is 6.59. The zero-order valence-corrected chi connectivity index (χ0v) is 14.2. The average Bonchev–Trinajstić information content (AvgIpc) is 2.35. The first-order valence-corrected chi connectivity index (χ1v) is 7.49. The molecule has 0 aliphatic heterocycles. The minimum absolute atomic E-state index is 0.545. The molecule has 2 aliphatic rings. The Kier molecular flexibility index (Phi) is 3.12. The van der Waals surface area contributed by atoms with E-state index in [1.54, 1.807) is 0 Å². The number of allylic oxidation sites excluding steroid dienone is 1. The van der Waals surface area contributed by atoms with E-state index in [4.69, 9.17) is 81.2 Å². The van der Waals surface area contributed by atoms with Gasteiger partial charge in [0.2, 0.25) is 0 Å². The minimum Gasteiger partial charge on any atom is -0.119 e. The van der Waals surface area contributed by atoms with Gasteiger partial charge in [-0.25, -0.2) is 0 Å². The van der Waals surface area contributed by atoms with Crippen LogP contribution in [0.4, 0.5) is 0 Å². The SMILES string of the molecule is C=C1C(C)(C)C2(Cl)C(Cl)C1(Cl)C(Cl)(Cl)C2(Cl)Cl. The van der Waals surface area contributed by atoms with Crippen molar-refractivity contribution < 1.29 is 0 Å². The molecule has 0 nitrogen and oxygen atoms in total. The Bertz CT molecular complexity index is 413. The van der Waals surface area contributed by atoms with Crippen molar-refractivity contribution in [3.05, 3.63) is 12.2 Å². The molecule has 0 aromatic rings. The van der Waals surface area contributed by atoms with E-state index in [1.165, 1.54) is 0 Å². The van der Waals surface area contributed by atoms with Crippen LogP contribution in [0.25, 0.3) is 0 Å². The molecule has 0 saturated heterocycles. The highest BCUT2D eigenvalue weighted by Gasteiger charge is 2.90. The molecule has 0 spiro atoms. The average molecular weight is 377 g/mol. The fraction of sp³-hybridized carbons (Fsp3) is 0.800. The summed E-state index contributed by atoms with van der Waals surface area (Å²) in [6.45, 7) is 7.58. The van der Waals surface area contributed by atoms with Crippen LogP contribution in [-0.2, 0) is 0 Å². The van der Waals surface area contributed by atoms with Crippen LogP contribution in [0.2, 0.25) is 0 Å². The van der Waals surface area contributed by atoms with Gasteiger partial charge in [-0.1, -0.05) is 66.8 Å². The number of halogens is 7. The van der Waals surface area contributed by atoms with E-state index in [0.29, 0.717) is 5.57 Å². The lowest BCUT2D eigenvalue weighted by molar-refractivity contribution is 0.300. The molecule has 0 radical (unpaired) electrons. The molecule has 0 aromatic heterocycles. The molecule has 98 valence electrons. The number of hydrogen-bond acceptors (Lipinski definition) is 0. The van der Waals surface area contributed by atoms with Crippen molar-refractivity contribution >= 4 is 81.2 Å². The van der Waals surface area contributed by atoms with E-state index >= 15 is 0 Å². The van der Waals surface area contributed by atoms with Crippen molar-refractivity contribution in [2.75, 3.05) is 0 Å². The smallest absolute Gasteiger partial charge is 0.119 e. The zero-order chi connectivity index (χ0) is 13.7. The first-order valence-electron chi connectivity index (χ1n) is 4.78. The third kappa shape index (κ3) is 1.16. The molecule has 0 aromatic carbocycles. The second kappa shape index (κ2) is 3.50. The van der Waals surface area contributed by atoms with Gasteiger partial charge in [-0.3, -0.25) is 0 Å². The summed E-state index contributed by atoms with van der Waals surface area (Å²) in [5, 5.41) is -0.828. The van der Waals surface area contributed by atoms with Crippen molar-refractivity contribution in [2.24, 2.45) is 5.41 Å². The second-order valence-electron chi connectivity index (χ2n) is 5.04. The van der Waals surface area contributed by atoms with Gasteiger partial charge in [0, 0.05) is 5.41 Å². The van der Waals surface area contributed by atoms with Crippen molar-refractivity contribution in [1.82, 2.24) is 0 Å². The van der Waals surface area contributed by atoms with Crippen LogP contribution in [0.3, 0.4) is 0 Å². The molecule has 17 heavy (non-hydrogen) atoms. The van der Waals surface area contributed by atoms with Gasteiger partial charge >= 0.3 is 0 Å². The van der Waals surface area contributed by atoms with E-state index in [0.717, 1.165) is 0 Å². The summed E-state index contributed by atoms with van der Waals surface area (Å²) in [4.78, 5) is -2.67. The van der Waals surface area contributed by atoms with Crippen LogP contribution in [-0.4, -0.2) is 23.8 Å². The highest BCUT2D eigenvalue weighted by molar-refractivity contribution is 6.71. The fourth-order valence-corrected chi connectivity index (χ4v) is 6.67. The Morgan fingerprint density at radius 2 is 1.35 bits per heavy atom. The van der Waals surface area contributed by atoms with Gasteiger partial charge in [-0.05, 0) is 5.57 Å². The summed E-state index contributed by atoms with van der Waals surface area (Å²) < 4.78 is -3.41. The summed E-state index contributed by atoms with van der Waals surface area (Å²) in [5.41, 5.74) is -0.150. The first-order chi connectivity index (χ1) is 7.31. The number of alkyl halides is 7. The largest absolute Gasteiger partial charge is 0.177 e. The highest BCUT2D eigenvalue weighted by atomic mass is 35.5. The lowest BCUT2D eigenvalue weighted by Gasteiger charge is -2.51. The predicted octanol–water partition coefficient (Wildman–Crippen LogP) is 5.51. The van der Waals surface area contributed by atoms with Gasteiger partial charge in [-0.2, -0.15) is 0 Å². The standard InChI is InChI=1S/C10H9Cl7/c1-4-6(2,3)8(13)5(11)7(4,12)9(14,15)10(8,16)17/h5H,1H2,2-3H3. The molecule has 0 heterocycles. The van der Waals surface area contributed by atoms with Crippen LogP contribution in [0.1, 0.15) is 13.8 Å². The van der Waals surface area contributed by atoms with E-state index in [1.807, 2.05) is 13.8 Å². The zero-order valence-electron chi connectivity index (χ0n) is 8.93. The Morgan fingerprint density at radius 1 is 0.941 bits per heavy atom. The molecule has 2 bridgehead atoms. The van der Waals surface area contributed by atoms with Gasteiger partial charge < -0.3 is 0 Å². The monoisotopic (exact) mass is 374 g/mol. The summed E-state index contributed by atoms with van der Waals surface area (Å²) >= 11 is 44.5. The predicted molar refractivity (Wildman–Crippen MR) is 78.6 cm³/mol. The summed E-state index contributed by atoms with van der Waals surface area (Å²) in [6, 6.07) is 0. The van der Waals surface area contributed by atoms with Gasteiger partial charge in [0.1, 0.15) is 9.75 Å². The molecule has 3 atom stereocenters. The normalized spacial score (nSPS) is 49.7. The maximum Gasteiger partial charge on any atom is 0.177 e. The van der Waals surface area contributed by atoms with Crippen LogP contribution in [0.15, 0.2) is 12.2 Å². The van der Waals surface area contributed by atoms with E-state index in [9.17, 15) is 0 Å². The Labute approximate surface area is 135 Å². The van der Waals surface area contributed by atoms with Crippen LogP contribution in [0, 0.1) is 5.41 Å².